The van der Waals surface area contributed by atoms with Gasteiger partial charge in [0.05, 0.1) is 0 Å². The van der Waals surface area contributed by atoms with E-state index in [1.165, 1.54) is 57.2 Å². The lowest BCUT2D eigenvalue weighted by Gasteiger charge is -2.29. The molecule has 3 heteroatoms. The number of hydrogen-bond donors (Lipinski definition) is 1. The van der Waals surface area contributed by atoms with Crippen LogP contribution in [0.15, 0.2) is 24.3 Å². The molecule has 2 nitrogen and oxygen atoms in total. The second kappa shape index (κ2) is 6.48. The molecule has 2 unspecified atom stereocenters. The van der Waals surface area contributed by atoms with Crippen LogP contribution < -0.4 is 0 Å². The summed E-state index contributed by atoms with van der Waals surface area (Å²) >= 11 is 0. The number of phenolic OH excluding ortho intramolecular Hbond substituents is 1. The number of halogens is 1. The Morgan fingerprint density at radius 3 is 2.95 bits per heavy atom. The largest absolute Gasteiger partial charge is 0.508 e. The van der Waals surface area contributed by atoms with Crippen molar-refractivity contribution in [3.63, 3.8) is 0 Å². The molecule has 0 aromatic heterocycles. The zero-order chi connectivity index (χ0) is 13.3. The first-order valence-electron chi connectivity index (χ1n) is 7.77. The summed E-state index contributed by atoms with van der Waals surface area (Å²) in [5.41, 5.74) is 1.71. The van der Waals surface area contributed by atoms with Crippen molar-refractivity contribution >= 4 is 17.0 Å². The van der Waals surface area contributed by atoms with Crippen molar-refractivity contribution in [2.24, 2.45) is 0 Å². The van der Waals surface area contributed by atoms with Crippen molar-refractivity contribution in [1.82, 2.24) is 4.90 Å². The quantitative estimate of drug-likeness (QED) is 0.888. The fourth-order valence-electron chi connectivity index (χ4n) is 4.26. The highest BCUT2D eigenvalue weighted by Crippen LogP contribution is 2.48. The van der Waals surface area contributed by atoms with Crippen LogP contribution in [-0.4, -0.2) is 29.1 Å². The van der Waals surface area contributed by atoms with E-state index >= 15 is 0 Å². The predicted molar refractivity (Wildman–Crippen MR) is 88.8 cm³/mol. The fourth-order valence-corrected chi connectivity index (χ4v) is 4.26. The summed E-state index contributed by atoms with van der Waals surface area (Å²) in [4.78, 5) is 2.71. The van der Waals surface area contributed by atoms with Gasteiger partial charge in [-0.1, -0.05) is 19.1 Å². The number of fused-ring (bicyclic) bond motifs is 2. The van der Waals surface area contributed by atoms with Crippen molar-refractivity contribution in [3.05, 3.63) is 29.8 Å². The molecule has 2 aliphatic rings. The third-order valence-electron chi connectivity index (χ3n) is 5.17. The Labute approximate surface area is 133 Å². The van der Waals surface area contributed by atoms with Crippen LogP contribution >= 0.6 is 17.0 Å². The zero-order valence-electron chi connectivity index (χ0n) is 12.3. The maximum absolute atomic E-state index is 9.76. The van der Waals surface area contributed by atoms with E-state index in [2.05, 4.69) is 17.9 Å². The lowest BCUT2D eigenvalue weighted by molar-refractivity contribution is 0.204. The first-order chi connectivity index (χ1) is 9.23. The van der Waals surface area contributed by atoms with E-state index in [0.717, 1.165) is 6.04 Å². The number of benzene rings is 1. The van der Waals surface area contributed by atoms with Gasteiger partial charge in [-0.25, -0.2) is 0 Å². The summed E-state index contributed by atoms with van der Waals surface area (Å²) < 4.78 is 0. The third kappa shape index (κ3) is 2.89. The van der Waals surface area contributed by atoms with E-state index in [1.54, 1.807) is 6.07 Å². The van der Waals surface area contributed by atoms with Gasteiger partial charge in [0.15, 0.2) is 0 Å². The van der Waals surface area contributed by atoms with Crippen LogP contribution in [0.25, 0.3) is 0 Å². The normalized spacial score (nSPS) is 29.8. The average Bonchev–Trinajstić information content (AvgIpc) is 2.74. The first kappa shape index (κ1) is 15.8. The van der Waals surface area contributed by atoms with Gasteiger partial charge < -0.3 is 10.0 Å². The van der Waals surface area contributed by atoms with Crippen molar-refractivity contribution in [2.75, 3.05) is 13.1 Å². The summed E-state index contributed by atoms with van der Waals surface area (Å²) in [7, 11) is 0. The fraction of sp³-hybridized carbons (Fsp3) is 0.647. The van der Waals surface area contributed by atoms with E-state index in [9.17, 15) is 5.11 Å². The molecule has 2 atom stereocenters. The van der Waals surface area contributed by atoms with Gasteiger partial charge in [0.25, 0.3) is 0 Å². The van der Waals surface area contributed by atoms with Gasteiger partial charge in [-0.3, -0.25) is 0 Å². The van der Waals surface area contributed by atoms with Crippen molar-refractivity contribution < 1.29 is 5.11 Å². The van der Waals surface area contributed by atoms with E-state index < -0.39 is 0 Å². The van der Waals surface area contributed by atoms with Crippen LogP contribution in [0.2, 0.25) is 0 Å². The SMILES string of the molecule is Br.CCCN1CCCC2(c3cccc(O)c3)CCC1C2. The number of phenols is 1. The summed E-state index contributed by atoms with van der Waals surface area (Å²) in [6.07, 6.45) is 7.75. The van der Waals surface area contributed by atoms with Gasteiger partial charge in [0, 0.05) is 6.04 Å². The van der Waals surface area contributed by atoms with E-state index in [0.29, 0.717) is 11.2 Å². The van der Waals surface area contributed by atoms with Crippen LogP contribution in [0, 0.1) is 0 Å². The van der Waals surface area contributed by atoms with Crippen LogP contribution in [-0.2, 0) is 5.41 Å². The zero-order valence-corrected chi connectivity index (χ0v) is 14.1. The highest BCUT2D eigenvalue weighted by atomic mass is 79.9. The molecule has 1 N–H and O–H groups in total. The van der Waals surface area contributed by atoms with Gasteiger partial charge in [-0.2, -0.15) is 0 Å². The maximum Gasteiger partial charge on any atom is 0.115 e. The molecule has 2 bridgehead atoms. The topological polar surface area (TPSA) is 23.5 Å². The molecule has 1 aromatic carbocycles. The molecule has 3 rings (SSSR count). The Morgan fingerprint density at radius 1 is 1.35 bits per heavy atom. The van der Waals surface area contributed by atoms with Crippen LogP contribution in [0.4, 0.5) is 0 Å². The molecule has 2 fully saturated rings. The van der Waals surface area contributed by atoms with Gasteiger partial charge >= 0.3 is 0 Å². The number of rotatable bonds is 3. The van der Waals surface area contributed by atoms with Crippen LogP contribution in [0.3, 0.4) is 0 Å². The van der Waals surface area contributed by atoms with Gasteiger partial charge in [0.2, 0.25) is 0 Å². The molecule has 1 saturated carbocycles. The minimum absolute atomic E-state index is 0. The Hall–Kier alpha value is -0.540. The van der Waals surface area contributed by atoms with Crippen molar-refractivity contribution in [2.45, 2.75) is 56.9 Å². The molecule has 1 aromatic rings. The lowest BCUT2D eigenvalue weighted by Crippen LogP contribution is -2.34. The number of aromatic hydroxyl groups is 1. The second-order valence-electron chi connectivity index (χ2n) is 6.37. The van der Waals surface area contributed by atoms with Gasteiger partial charge in [-0.15, -0.1) is 17.0 Å². The monoisotopic (exact) mass is 339 g/mol. The molecule has 0 radical (unpaired) electrons. The van der Waals surface area contributed by atoms with Crippen molar-refractivity contribution in [1.29, 1.82) is 0 Å². The first-order valence-corrected chi connectivity index (χ1v) is 7.77. The Balaban J connectivity index is 0.00000147. The smallest absolute Gasteiger partial charge is 0.115 e. The van der Waals surface area contributed by atoms with Crippen LogP contribution in [0.1, 0.15) is 51.0 Å². The molecular weight excluding hydrogens is 314 g/mol. The Morgan fingerprint density at radius 2 is 2.20 bits per heavy atom. The molecule has 1 aliphatic heterocycles. The molecule has 20 heavy (non-hydrogen) atoms. The second-order valence-corrected chi connectivity index (χ2v) is 6.37. The summed E-state index contributed by atoms with van der Waals surface area (Å²) in [5, 5.41) is 9.76. The number of hydrogen-bond acceptors (Lipinski definition) is 2. The highest BCUT2D eigenvalue weighted by molar-refractivity contribution is 8.93. The molecule has 0 spiro atoms. The molecule has 1 saturated heterocycles. The van der Waals surface area contributed by atoms with E-state index in [4.69, 9.17) is 0 Å². The minimum Gasteiger partial charge on any atom is -0.508 e. The summed E-state index contributed by atoms with van der Waals surface area (Å²) in [6, 6.07) is 8.77. The highest BCUT2D eigenvalue weighted by Gasteiger charge is 2.43. The van der Waals surface area contributed by atoms with Gasteiger partial charge in [0.1, 0.15) is 5.75 Å². The minimum atomic E-state index is 0. The molecule has 1 aliphatic carbocycles. The number of nitrogens with zero attached hydrogens (tertiary/aromatic N) is 1. The Bertz CT molecular complexity index is 450. The van der Waals surface area contributed by atoms with Crippen LogP contribution in [0.5, 0.6) is 5.75 Å². The number of likely N-dealkylation sites (tertiary alicyclic amines) is 1. The lowest BCUT2D eigenvalue weighted by atomic mass is 9.75. The molecule has 1 heterocycles. The molecule has 112 valence electrons. The molecule has 0 amide bonds. The molecular formula is C17H26BrNO. The summed E-state index contributed by atoms with van der Waals surface area (Å²) in [5.74, 6) is 0.421. The van der Waals surface area contributed by atoms with Gasteiger partial charge in [-0.05, 0) is 74.7 Å². The predicted octanol–water partition coefficient (Wildman–Crippen LogP) is 4.27. The average molecular weight is 340 g/mol. The third-order valence-corrected chi connectivity index (χ3v) is 5.17. The maximum atomic E-state index is 9.76. The standard InChI is InChI=1S/C17H25NO.BrH/c1-2-10-18-11-4-8-17(9-7-15(18)13-17)14-5-3-6-16(19)12-14;/h3,5-6,12,15,19H,2,4,7-11,13H2,1H3;1H. The Kier molecular flexibility index (Phi) is 5.14. The van der Waals surface area contributed by atoms with Crippen molar-refractivity contribution in [3.8, 4) is 5.75 Å². The summed E-state index contributed by atoms with van der Waals surface area (Å²) in [6.45, 7) is 4.79. The van der Waals surface area contributed by atoms with E-state index in [-0.39, 0.29) is 17.0 Å². The van der Waals surface area contributed by atoms with E-state index in [1.807, 2.05) is 12.1 Å².